The smallest absolute Gasteiger partial charge is 0.274 e. The average molecular weight is 420 g/mol. The van der Waals surface area contributed by atoms with Gasteiger partial charge in [-0.25, -0.2) is 15.0 Å². The van der Waals surface area contributed by atoms with E-state index >= 15 is 0 Å². The normalized spacial score (nSPS) is 16.5. The van der Waals surface area contributed by atoms with E-state index in [9.17, 15) is 4.79 Å². The van der Waals surface area contributed by atoms with Crippen LogP contribution in [-0.4, -0.2) is 26.5 Å². The van der Waals surface area contributed by atoms with E-state index in [1.807, 2.05) is 0 Å². The summed E-state index contributed by atoms with van der Waals surface area (Å²) in [7, 11) is 0. The lowest BCUT2D eigenvalue weighted by Crippen LogP contribution is -2.21. The highest BCUT2D eigenvalue weighted by Gasteiger charge is 2.20. The van der Waals surface area contributed by atoms with E-state index in [-0.39, 0.29) is 45.6 Å². The van der Waals surface area contributed by atoms with E-state index in [1.54, 1.807) is 12.3 Å². The van der Waals surface area contributed by atoms with Crippen molar-refractivity contribution >= 4 is 39.7 Å². The van der Waals surface area contributed by atoms with Gasteiger partial charge in [0.1, 0.15) is 17.7 Å². The van der Waals surface area contributed by atoms with Crippen LogP contribution in [0.25, 0.3) is 11.5 Å². The number of rotatable bonds is 1. The van der Waals surface area contributed by atoms with Crippen LogP contribution in [-0.2, 0) is 0 Å². The number of hydrogen-bond acceptors (Lipinski definition) is 6. The number of halogens is 2. The molecule has 1 unspecified atom stereocenters. The number of hydrogen-bond donors (Lipinski definition) is 3. The Labute approximate surface area is 142 Å². The summed E-state index contributed by atoms with van der Waals surface area (Å²) < 4.78 is 0. The Morgan fingerprint density at radius 3 is 2.86 bits per heavy atom. The molecule has 3 rings (SSSR count). The number of anilines is 1. The van der Waals surface area contributed by atoms with Crippen molar-refractivity contribution in [3.05, 3.63) is 34.6 Å². The minimum atomic E-state index is -0.229. The van der Waals surface area contributed by atoms with E-state index in [1.165, 1.54) is 6.33 Å². The first-order valence-electron chi connectivity index (χ1n) is 6.16. The van der Waals surface area contributed by atoms with Crippen molar-refractivity contribution in [2.45, 2.75) is 18.9 Å². The topological polar surface area (TPSA) is 110 Å². The molecule has 0 spiro atoms. The molecule has 1 aliphatic heterocycles. The molecule has 0 saturated heterocycles. The molecule has 2 aromatic rings. The second kappa shape index (κ2) is 7.62. The summed E-state index contributed by atoms with van der Waals surface area (Å²) >= 11 is 0. The molecule has 0 bridgehead atoms. The van der Waals surface area contributed by atoms with Crippen LogP contribution in [0.1, 0.15) is 24.6 Å². The van der Waals surface area contributed by atoms with E-state index < -0.39 is 0 Å². The van der Waals surface area contributed by atoms with Crippen LogP contribution < -0.4 is 16.6 Å². The van der Waals surface area contributed by atoms with Crippen molar-refractivity contribution in [2.24, 2.45) is 5.73 Å². The van der Waals surface area contributed by atoms with Gasteiger partial charge in [0.25, 0.3) is 5.56 Å². The predicted octanol–water partition coefficient (Wildman–Crippen LogP) is 1.59. The lowest BCUT2D eigenvalue weighted by atomic mass is 10.1. The molecule has 3 heterocycles. The third-order valence-corrected chi connectivity index (χ3v) is 3.12. The second-order valence-corrected chi connectivity index (χ2v) is 4.44. The predicted molar refractivity (Wildman–Crippen MR) is 91.2 cm³/mol. The monoisotopic (exact) mass is 418 g/mol. The van der Waals surface area contributed by atoms with Gasteiger partial charge < -0.3 is 16.0 Å². The summed E-state index contributed by atoms with van der Waals surface area (Å²) in [4.78, 5) is 27.2. The number of H-pyrrole nitrogens is 1. The molecule has 114 valence electrons. The number of nitrogens with zero attached hydrogens (tertiary/aromatic N) is 3. The quantitative estimate of drug-likeness (QED) is 0.647. The average Bonchev–Trinajstić information content (AvgIpc) is 2.63. The number of aromatic amines is 1. The van der Waals surface area contributed by atoms with Crippen LogP contribution in [0, 0.1) is 0 Å². The molecule has 0 fully saturated rings. The van der Waals surface area contributed by atoms with Crippen LogP contribution in [0.15, 0.2) is 23.4 Å². The van der Waals surface area contributed by atoms with Gasteiger partial charge in [-0.3, -0.25) is 4.79 Å². The van der Waals surface area contributed by atoms with Crippen LogP contribution in [0.3, 0.4) is 0 Å². The number of nitrogens with two attached hydrogens (primary N) is 1. The molecule has 1 aliphatic rings. The van der Waals surface area contributed by atoms with Crippen LogP contribution in [0.2, 0.25) is 0 Å². The highest BCUT2D eigenvalue weighted by atomic mass is 79.9. The van der Waals surface area contributed by atoms with Gasteiger partial charge in [-0.05, 0) is 18.9 Å². The maximum atomic E-state index is 12.1. The zero-order valence-electron chi connectivity index (χ0n) is 11.1. The zero-order chi connectivity index (χ0) is 13.2. The number of fused-ring (bicyclic) bond motifs is 1. The molecular formula is C12H16Br2N6O. The summed E-state index contributed by atoms with van der Waals surface area (Å²) in [5.74, 6) is 0.422. The Bertz CT molecular complexity index is 648. The largest absolute Gasteiger partial charge is 0.379 e. The van der Waals surface area contributed by atoms with Crippen molar-refractivity contribution < 1.29 is 0 Å². The highest BCUT2D eigenvalue weighted by Crippen LogP contribution is 2.24. The van der Waals surface area contributed by atoms with Gasteiger partial charge in [0.15, 0.2) is 5.82 Å². The van der Waals surface area contributed by atoms with Gasteiger partial charge >= 0.3 is 0 Å². The summed E-state index contributed by atoms with van der Waals surface area (Å²) in [5, 5.41) is 3.08. The minimum absolute atomic E-state index is 0. The van der Waals surface area contributed by atoms with E-state index in [0.717, 1.165) is 19.4 Å². The van der Waals surface area contributed by atoms with Gasteiger partial charge in [-0.2, -0.15) is 0 Å². The third kappa shape index (κ3) is 3.66. The number of nitrogens with one attached hydrogen (secondary N) is 2. The van der Waals surface area contributed by atoms with E-state index in [4.69, 9.17) is 5.73 Å². The van der Waals surface area contributed by atoms with Crippen molar-refractivity contribution in [1.82, 2.24) is 19.9 Å². The fourth-order valence-corrected chi connectivity index (χ4v) is 2.15. The molecule has 7 nitrogen and oxygen atoms in total. The van der Waals surface area contributed by atoms with E-state index in [0.29, 0.717) is 22.9 Å². The highest BCUT2D eigenvalue weighted by molar-refractivity contribution is 8.93. The third-order valence-electron chi connectivity index (χ3n) is 3.12. The van der Waals surface area contributed by atoms with E-state index in [2.05, 4.69) is 25.3 Å². The second-order valence-electron chi connectivity index (χ2n) is 4.44. The van der Waals surface area contributed by atoms with Crippen LogP contribution >= 0.6 is 34.0 Å². The molecule has 0 saturated carbocycles. The molecule has 4 N–H and O–H groups in total. The Balaban J connectivity index is 0.00000110. The molecule has 2 aromatic heterocycles. The fourth-order valence-electron chi connectivity index (χ4n) is 2.15. The molecule has 0 aromatic carbocycles. The molecule has 0 amide bonds. The van der Waals surface area contributed by atoms with Crippen molar-refractivity contribution in [2.75, 3.05) is 11.9 Å². The van der Waals surface area contributed by atoms with Crippen LogP contribution in [0.5, 0.6) is 0 Å². The number of aromatic nitrogens is 4. The summed E-state index contributed by atoms with van der Waals surface area (Å²) in [5.41, 5.74) is 7.52. The first-order chi connectivity index (χ1) is 9.25. The minimum Gasteiger partial charge on any atom is -0.379 e. The summed E-state index contributed by atoms with van der Waals surface area (Å²) in [6.07, 6.45) is 4.74. The lowest BCUT2D eigenvalue weighted by molar-refractivity contribution is 0.627. The van der Waals surface area contributed by atoms with Gasteiger partial charge in [0, 0.05) is 18.8 Å². The molecule has 9 heteroatoms. The Morgan fingerprint density at radius 1 is 1.33 bits per heavy atom. The Kier molecular flexibility index (Phi) is 6.43. The fraction of sp³-hybridized carbons (Fsp3) is 0.333. The Morgan fingerprint density at radius 2 is 2.14 bits per heavy atom. The summed E-state index contributed by atoms with van der Waals surface area (Å²) in [6, 6.07) is 1.47. The standard InChI is InChI=1S/C12H14N6O.2BrH/c13-7-2-1-4-15-10-9(7)17-11(18-12(10)19)8-3-5-14-6-16-8;;/h3,5-7,15H,1-2,4,13H2,(H,17,18,19);2*1H. The molecule has 1 atom stereocenters. The molecular weight excluding hydrogens is 404 g/mol. The van der Waals surface area contributed by atoms with Gasteiger partial charge in [0.2, 0.25) is 0 Å². The molecule has 0 radical (unpaired) electrons. The first kappa shape index (κ1) is 17.7. The lowest BCUT2D eigenvalue weighted by Gasteiger charge is -2.12. The molecule has 0 aliphatic carbocycles. The maximum absolute atomic E-state index is 12.1. The zero-order valence-corrected chi connectivity index (χ0v) is 14.5. The SMILES string of the molecule is Br.Br.NC1CCCNc2c1nc(-c1ccncn1)[nH]c2=O. The van der Waals surface area contributed by atoms with Crippen molar-refractivity contribution in [3.8, 4) is 11.5 Å². The maximum Gasteiger partial charge on any atom is 0.274 e. The van der Waals surface area contributed by atoms with Crippen molar-refractivity contribution in [1.29, 1.82) is 0 Å². The van der Waals surface area contributed by atoms with Gasteiger partial charge in [-0.1, -0.05) is 0 Å². The summed E-state index contributed by atoms with van der Waals surface area (Å²) in [6.45, 7) is 0.734. The molecule has 21 heavy (non-hydrogen) atoms. The first-order valence-corrected chi connectivity index (χ1v) is 6.16. The van der Waals surface area contributed by atoms with Gasteiger partial charge in [-0.15, -0.1) is 34.0 Å². The van der Waals surface area contributed by atoms with Gasteiger partial charge in [0.05, 0.1) is 5.69 Å². The Hall–Kier alpha value is -1.32. The van der Waals surface area contributed by atoms with Crippen molar-refractivity contribution in [3.63, 3.8) is 0 Å². The van der Waals surface area contributed by atoms with Crippen LogP contribution in [0.4, 0.5) is 5.69 Å².